The molecule has 2 N–H and O–H groups in total. The number of rotatable bonds is 8. The summed E-state index contributed by atoms with van der Waals surface area (Å²) in [5.74, 6) is -0.165. The van der Waals surface area contributed by atoms with E-state index in [4.69, 9.17) is 5.73 Å². The molecule has 0 aliphatic carbocycles. The molecule has 1 aromatic rings. The summed E-state index contributed by atoms with van der Waals surface area (Å²) in [6.45, 7) is 2.95. The number of amides is 1. The first-order valence-corrected chi connectivity index (χ1v) is 7.15. The van der Waals surface area contributed by atoms with Crippen LogP contribution in [0.3, 0.4) is 0 Å². The molecule has 1 unspecified atom stereocenters. The van der Waals surface area contributed by atoms with Crippen molar-refractivity contribution in [3.63, 3.8) is 0 Å². The molecule has 5 nitrogen and oxygen atoms in total. The number of carbonyl (C=O) groups is 2. The van der Waals surface area contributed by atoms with Gasteiger partial charge in [-0.15, -0.1) is 0 Å². The molecule has 1 amide bonds. The van der Waals surface area contributed by atoms with Crippen LogP contribution in [0.25, 0.3) is 0 Å². The zero-order valence-corrected chi connectivity index (χ0v) is 12.7. The fourth-order valence-electron chi connectivity index (χ4n) is 1.90. The first kappa shape index (κ1) is 17.2. The Morgan fingerprint density at radius 3 is 2.52 bits per heavy atom. The molecule has 0 aliphatic rings. The molecule has 1 rings (SSSR count). The Balaban J connectivity index is 2.67. The van der Waals surface area contributed by atoms with Crippen LogP contribution in [-0.2, 0) is 20.9 Å². The van der Waals surface area contributed by atoms with E-state index in [9.17, 15) is 9.59 Å². The second kappa shape index (κ2) is 9.13. The Hall–Kier alpha value is -1.88. The zero-order valence-electron chi connectivity index (χ0n) is 12.7. The summed E-state index contributed by atoms with van der Waals surface area (Å²) in [6.07, 6.45) is 1.12. The maximum absolute atomic E-state index is 12.3. The molecular weight excluding hydrogens is 268 g/mol. The van der Waals surface area contributed by atoms with Gasteiger partial charge in [0.25, 0.3) is 0 Å². The number of nitrogens with two attached hydrogens (primary N) is 1. The molecule has 116 valence electrons. The third kappa shape index (κ3) is 6.40. The molecule has 0 saturated carbocycles. The number of ether oxygens (including phenoxy) is 1. The SMILES string of the molecule is COC(=O)CN(Cc1ccccc1)C(=O)CCC(C)CN. The number of hydrogen-bond donors (Lipinski definition) is 1. The molecule has 0 saturated heterocycles. The summed E-state index contributed by atoms with van der Waals surface area (Å²) in [5, 5.41) is 0. The molecule has 0 aromatic heterocycles. The van der Waals surface area contributed by atoms with E-state index in [0.717, 1.165) is 12.0 Å². The van der Waals surface area contributed by atoms with Crippen molar-refractivity contribution in [1.82, 2.24) is 4.90 Å². The van der Waals surface area contributed by atoms with Crippen LogP contribution in [0.4, 0.5) is 0 Å². The lowest BCUT2D eigenvalue weighted by Crippen LogP contribution is -2.36. The summed E-state index contributed by atoms with van der Waals surface area (Å²) in [5.41, 5.74) is 6.55. The van der Waals surface area contributed by atoms with E-state index in [0.29, 0.717) is 25.4 Å². The van der Waals surface area contributed by atoms with Gasteiger partial charge in [-0.25, -0.2) is 0 Å². The van der Waals surface area contributed by atoms with Gasteiger partial charge in [0.15, 0.2) is 0 Å². The molecule has 0 heterocycles. The summed E-state index contributed by atoms with van der Waals surface area (Å²) in [7, 11) is 1.32. The van der Waals surface area contributed by atoms with E-state index in [1.165, 1.54) is 12.0 Å². The summed E-state index contributed by atoms with van der Waals surface area (Å²) < 4.78 is 4.66. The number of hydrogen-bond acceptors (Lipinski definition) is 4. The molecule has 21 heavy (non-hydrogen) atoms. The largest absolute Gasteiger partial charge is 0.468 e. The topological polar surface area (TPSA) is 72.6 Å². The molecule has 5 heteroatoms. The smallest absolute Gasteiger partial charge is 0.325 e. The first-order valence-electron chi connectivity index (χ1n) is 7.15. The highest BCUT2D eigenvalue weighted by molar-refractivity contribution is 5.82. The van der Waals surface area contributed by atoms with Crippen LogP contribution in [0.2, 0.25) is 0 Å². The van der Waals surface area contributed by atoms with Gasteiger partial charge >= 0.3 is 5.97 Å². The normalized spacial score (nSPS) is 11.8. The number of nitrogens with zero attached hydrogens (tertiary/aromatic N) is 1. The average molecular weight is 292 g/mol. The third-order valence-corrected chi connectivity index (χ3v) is 3.37. The van der Waals surface area contributed by atoms with Crippen molar-refractivity contribution < 1.29 is 14.3 Å². The van der Waals surface area contributed by atoms with E-state index in [-0.39, 0.29) is 12.5 Å². The lowest BCUT2D eigenvalue weighted by molar-refractivity contribution is -0.147. The van der Waals surface area contributed by atoms with Crippen LogP contribution in [0.15, 0.2) is 30.3 Å². The Bertz CT molecular complexity index is 448. The van der Waals surface area contributed by atoms with Crippen molar-refractivity contribution in [2.45, 2.75) is 26.3 Å². The number of methoxy groups -OCH3 is 1. The highest BCUT2D eigenvalue weighted by Crippen LogP contribution is 2.10. The standard InChI is InChI=1S/C16H24N2O3/c1-13(10-17)8-9-15(19)18(12-16(20)21-2)11-14-6-4-3-5-7-14/h3-7,13H,8-12,17H2,1-2H3. The zero-order chi connectivity index (χ0) is 15.7. The van der Waals surface area contributed by atoms with Crippen LogP contribution < -0.4 is 5.73 Å². The lowest BCUT2D eigenvalue weighted by Gasteiger charge is -2.22. The van der Waals surface area contributed by atoms with Gasteiger partial charge in [-0.2, -0.15) is 0 Å². The van der Waals surface area contributed by atoms with Crippen molar-refractivity contribution in [2.24, 2.45) is 11.7 Å². The Labute approximate surface area is 126 Å². The molecular formula is C16H24N2O3. The van der Waals surface area contributed by atoms with E-state index in [2.05, 4.69) is 4.74 Å². The van der Waals surface area contributed by atoms with Gasteiger partial charge < -0.3 is 15.4 Å². The first-order chi connectivity index (χ1) is 10.1. The fraction of sp³-hybridized carbons (Fsp3) is 0.500. The molecule has 0 radical (unpaired) electrons. The third-order valence-electron chi connectivity index (χ3n) is 3.37. The van der Waals surface area contributed by atoms with E-state index in [1.54, 1.807) is 0 Å². The summed E-state index contributed by atoms with van der Waals surface area (Å²) in [4.78, 5) is 25.3. The van der Waals surface area contributed by atoms with Gasteiger partial charge in [0, 0.05) is 13.0 Å². The molecule has 1 atom stereocenters. The van der Waals surface area contributed by atoms with Crippen LogP contribution >= 0.6 is 0 Å². The van der Waals surface area contributed by atoms with Crippen molar-refractivity contribution in [3.05, 3.63) is 35.9 Å². The van der Waals surface area contributed by atoms with Gasteiger partial charge in [-0.3, -0.25) is 9.59 Å². The highest BCUT2D eigenvalue weighted by Gasteiger charge is 2.18. The predicted octanol–water partition coefficient (Wildman–Crippen LogP) is 1.56. The molecule has 0 spiro atoms. The van der Waals surface area contributed by atoms with Crippen molar-refractivity contribution >= 4 is 11.9 Å². The molecule has 0 fully saturated rings. The van der Waals surface area contributed by atoms with E-state index >= 15 is 0 Å². The maximum Gasteiger partial charge on any atom is 0.325 e. The minimum atomic E-state index is -0.411. The van der Waals surface area contributed by atoms with Gasteiger partial charge in [0.05, 0.1) is 7.11 Å². The van der Waals surface area contributed by atoms with E-state index < -0.39 is 5.97 Å². The molecule has 0 aliphatic heterocycles. The summed E-state index contributed by atoms with van der Waals surface area (Å²) >= 11 is 0. The Kier molecular flexibility index (Phi) is 7.46. The van der Waals surface area contributed by atoms with Crippen LogP contribution in [-0.4, -0.2) is 37.0 Å². The van der Waals surface area contributed by atoms with Crippen molar-refractivity contribution in [3.8, 4) is 0 Å². The van der Waals surface area contributed by atoms with Gasteiger partial charge in [0.2, 0.25) is 5.91 Å². The quantitative estimate of drug-likeness (QED) is 0.738. The monoisotopic (exact) mass is 292 g/mol. The Morgan fingerprint density at radius 2 is 1.95 bits per heavy atom. The van der Waals surface area contributed by atoms with Crippen molar-refractivity contribution in [2.75, 3.05) is 20.2 Å². The number of benzene rings is 1. The van der Waals surface area contributed by atoms with Gasteiger partial charge in [-0.1, -0.05) is 37.3 Å². The number of carbonyl (C=O) groups excluding carboxylic acids is 2. The van der Waals surface area contributed by atoms with Crippen molar-refractivity contribution in [1.29, 1.82) is 0 Å². The fourth-order valence-corrected chi connectivity index (χ4v) is 1.90. The predicted molar refractivity (Wildman–Crippen MR) is 81.3 cm³/mol. The minimum absolute atomic E-state index is 0.0266. The maximum atomic E-state index is 12.3. The second-order valence-corrected chi connectivity index (χ2v) is 5.19. The Morgan fingerprint density at radius 1 is 1.29 bits per heavy atom. The van der Waals surface area contributed by atoms with Crippen LogP contribution in [0.5, 0.6) is 0 Å². The van der Waals surface area contributed by atoms with E-state index in [1.807, 2.05) is 37.3 Å². The van der Waals surface area contributed by atoms with Gasteiger partial charge in [0.1, 0.15) is 6.54 Å². The van der Waals surface area contributed by atoms with Gasteiger partial charge in [-0.05, 0) is 24.4 Å². The van der Waals surface area contributed by atoms with Crippen LogP contribution in [0, 0.1) is 5.92 Å². The highest BCUT2D eigenvalue weighted by atomic mass is 16.5. The molecule has 1 aromatic carbocycles. The molecule has 0 bridgehead atoms. The van der Waals surface area contributed by atoms with Crippen LogP contribution in [0.1, 0.15) is 25.3 Å². The lowest BCUT2D eigenvalue weighted by atomic mass is 10.1. The second-order valence-electron chi connectivity index (χ2n) is 5.19. The number of esters is 1. The average Bonchev–Trinajstić information content (AvgIpc) is 2.52. The minimum Gasteiger partial charge on any atom is -0.468 e. The summed E-state index contributed by atoms with van der Waals surface area (Å²) in [6, 6.07) is 9.60.